The van der Waals surface area contributed by atoms with Crippen LogP contribution in [0.1, 0.15) is 51.9 Å². The van der Waals surface area contributed by atoms with Crippen LogP contribution in [0.15, 0.2) is 0 Å². The molecule has 0 bridgehead atoms. The molecule has 2 atom stereocenters. The van der Waals surface area contributed by atoms with Crippen molar-refractivity contribution in [2.75, 3.05) is 20.2 Å². The number of ether oxygens (including phenoxy) is 1. The number of hydrogen-bond donors (Lipinski definition) is 1. The zero-order chi connectivity index (χ0) is 15.2. The van der Waals surface area contributed by atoms with Crippen molar-refractivity contribution >= 4 is 11.9 Å². The smallest absolute Gasteiger partial charge is 0.305 e. The highest BCUT2D eigenvalue weighted by Crippen LogP contribution is 2.24. The number of rotatable bonds is 5. The lowest BCUT2D eigenvalue weighted by molar-refractivity contribution is -0.143. The number of amides is 1. The summed E-state index contributed by atoms with van der Waals surface area (Å²) in [7, 11) is 1.42. The van der Waals surface area contributed by atoms with E-state index in [2.05, 4.69) is 5.32 Å². The van der Waals surface area contributed by atoms with Gasteiger partial charge < -0.3 is 15.0 Å². The largest absolute Gasteiger partial charge is 0.469 e. The first-order chi connectivity index (χ1) is 10.1. The standard InChI is InChI=1S/C16H28N2O3/c1-3-15(19)18-10-12(9-16(20)21-2)8-14(11-18)17-13-6-4-5-7-13/h12-14,17H,3-11H2,1-2H3. The van der Waals surface area contributed by atoms with E-state index in [1.54, 1.807) is 0 Å². The van der Waals surface area contributed by atoms with Gasteiger partial charge in [-0.2, -0.15) is 0 Å². The quantitative estimate of drug-likeness (QED) is 0.785. The number of esters is 1. The number of methoxy groups -OCH3 is 1. The molecule has 0 aromatic heterocycles. The van der Waals surface area contributed by atoms with Crippen molar-refractivity contribution in [2.45, 2.75) is 64.0 Å². The summed E-state index contributed by atoms with van der Waals surface area (Å²) in [5.74, 6) is 0.216. The lowest BCUT2D eigenvalue weighted by Crippen LogP contribution is -2.53. The van der Waals surface area contributed by atoms with Crippen LogP contribution in [0.4, 0.5) is 0 Å². The van der Waals surface area contributed by atoms with Gasteiger partial charge in [0, 0.05) is 31.6 Å². The van der Waals surface area contributed by atoms with E-state index in [0.29, 0.717) is 31.5 Å². The Labute approximate surface area is 127 Å². The normalized spacial score (nSPS) is 26.9. The fourth-order valence-electron chi connectivity index (χ4n) is 3.64. The fraction of sp³-hybridized carbons (Fsp3) is 0.875. The van der Waals surface area contributed by atoms with Gasteiger partial charge in [-0.3, -0.25) is 9.59 Å². The second-order valence-electron chi connectivity index (χ2n) is 6.38. The molecule has 21 heavy (non-hydrogen) atoms. The number of piperidine rings is 1. The van der Waals surface area contributed by atoms with Crippen molar-refractivity contribution in [3.63, 3.8) is 0 Å². The molecule has 2 unspecified atom stereocenters. The van der Waals surface area contributed by atoms with Gasteiger partial charge in [-0.15, -0.1) is 0 Å². The highest BCUT2D eigenvalue weighted by Gasteiger charge is 2.32. The second kappa shape index (κ2) is 7.78. The summed E-state index contributed by atoms with van der Waals surface area (Å²) in [4.78, 5) is 25.5. The molecule has 0 spiro atoms. The van der Waals surface area contributed by atoms with Gasteiger partial charge >= 0.3 is 5.97 Å². The number of nitrogens with one attached hydrogen (secondary N) is 1. The van der Waals surface area contributed by atoms with Crippen molar-refractivity contribution in [2.24, 2.45) is 5.92 Å². The van der Waals surface area contributed by atoms with Gasteiger partial charge in [0.15, 0.2) is 0 Å². The molecule has 1 aliphatic heterocycles. The SMILES string of the molecule is CCC(=O)N1CC(CC(=O)OC)CC(NC2CCCC2)C1. The van der Waals surface area contributed by atoms with E-state index in [1.807, 2.05) is 11.8 Å². The molecule has 2 rings (SSSR count). The number of likely N-dealkylation sites (tertiary alicyclic amines) is 1. The lowest BCUT2D eigenvalue weighted by atomic mass is 9.90. The molecule has 2 aliphatic rings. The highest BCUT2D eigenvalue weighted by molar-refractivity contribution is 5.76. The Balaban J connectivity index is 1.95. The summed E-state index contributed by atoms with van der Waals surface area (Å²) < 4.78 is 4.78. The zero-order valence-corrected chi connectivity index (χ0v) is 13.3. The monoisotopic (exact) mass is 296 g/mol. The summed E-state index contributed by atoms with van der Waals surface area (Å²) in [5, 5.41) is 3.70. The fourth-order valence-corrected chi connectivity index (χ4v) is 3.64. The van der Waals surface area contributed by atoms with E-state index < -0.39 is 0 Å². The molecule has 1 N–H and O–H groups in total. The Morgan fingerprint density at radius 1 is 1.19 bits per heavy atom. The van der Waals surface area contributed by atoms with E-state index in [0.717, 1.165) is 13.0 Å². The van der Waals surface area contributed by atoms with Crippen molar-refractivity contribution < 1.29 is 14.3 Å². The first-order valence-electron chi connectivity index (χ1n) is 8.23. The van der Waals surface area contributed by atoms with Gasteiger partial charge in [0.2, 0.25) is 5.91 Å². The zero-order valence-electron chi connectivity index (χ0n) is 13.3. The third-order valence-electron chi connectivity index (χ3n) is 4.70. The summed E-state index contributed by atoms with van der Waals surface area (Å²) in [5.41, 5.74) is 0. The average molecular weight is 296 g/mol. The van der Waals surface area contributed by atoms with E-state index in [-0.39, 0.29) is 17.8 Å². The van der Waals surface area contributed by atoms with Gasteiger partial charge in [0.05, 0.1) is 13.5 Å². The first-order valence-corrected chi connectivity index (χ1v) is 8.23. The predicted octanol–water partition coefficient (Wildman–Crippen LogP) is 1.71. The van der Waals surface area contributed by atoms with Crippen molar-refractivity contribution in [3.05, 3.63) is 0 Å². The van der Waals surface area contributed by atoms with Crippen LogP contribution >= 0.6 is 0 Å². The lowest BCUT2D eigenvalue weighted by Gasteiger charge is -2.39. The Morgan fingerprint density at radius 3 is 2.52 bits per heavy atom. The minimum absolute atomic E-state index is 0.176. The molecule has 120 valence electrons. The van der Waals surface area contributed by atoms with Crippen LogP contribution in [0.3, 0.4) is 0 Å². The maximum atomic E-state index is 12.0. The van der Waals surface area contributed by atoms with Crippen LogP contribution in [0.2, 0.25) is 0 Å². The van der Waals surface area contributed by atoms with E-state index >= 15 is 0 Å². The first kappa shape index (κ1) is 16.3. The summed E-state index contributed by atoms with van der Waals surface area (Å²) >= 11 is 0. The van der Waals surface area contributed by atoms with E-state index in [1.165, 1.54) is 32.8 Å². The summed E-state index contributed by atoms with van der Waals surface area (Å²) in [6.07, 6.45) is 6.97. The minimum atomic E-state index is -0.176. The topological polar surface area (TPSA) is 58.6 Å². The Hall–Kier alpha value is -1.10. The van der Waals surface area contributed by atoms with Gasteiger partial charge in [-0.25, -0.2) is 0 Å². The summed E-state index contributed by atoms with van der Waals surface area (Å²) in [6, 6.07) is 0.900. The van der Waals surface area contributed by atoms with Gasteiger partial charge in [-0.1, -0.05) is 19.8 Å². The Kier molecular flexibility index (Phi) is 6.03. The van der Waals surface area contributed by atoms with Gasteiger partial charge in [0.1, 0.15) is 0 Å². The van der Waals surface area contributed by atoms with Crippen LogP contribution in [-0.2, 0) is 14.3 Å². The Bertz CT molecular complexity index is 367. The second-order valence-corrected chi connectivity index (χ2v) is 6.38. The van der Waals surface area contributed by atoms with Crippen molar-refractivity contribution in [1.82, 2.24) is 10.2 Å². The van der Waals surface area contributed by atoms with Crippen LogP contribution in [0.25, 0.3) is 0 Å². The number of carbonyl (C=O) groups is 2. The van der Waals surface area contributed by atoms with E-state index in [9.17, 15) is 9.59 Å². The molecule has 5 heteroatoms. The molecular formula is C16H28N2O3. The molecule has 0 aromatic rings. The number of nitrogens with zero attached hydrogens (tertiary/aromatic N) is 1. The molecule has 1 saturated heterocycles. The van der Waals surface area contributed by atoms with Gasteiger partial charge in [0.25, 0.3) is 0 Å². The molecule has 0 aromatic carbocycles. The molecular weight excluding hydrogens is 268 g/mol. The maximum Gasteiger partial charge on any atom is 0.305 e. The molecule has 1 amide bonds. The van der Waals surface area contributed by atoms with Crippen LogP contribution in [-0.4, -0.2) is 49.1 Å². The molecule has 0 radical (unpaired) electrons. The van der Waals surface area contributed by atoms with Crippen LogP contribution in [0.5, 0.6) is 0 Å². The predicted molar refractivity (Wildman–Crippen MR) is 80.8 cm³/mol. The minimum Gasteiger partial charge on any atom is -0.469 e. The summed E-state index contributed by atoms with van der Waals surface area (Å²) in [6.45, 7) is 3.36. The Morgan fingerprint density at radius 2 is 1.90 bits per heavy atom. The molecule has 5 nitrogen and oxygen atoms in total. The molecule has 1 aliphatic carbocycles. The third kappa shape index (κ3) is 4.70. The average Bonchev–Trinajstić information content (AvgIpc) is 2.98. The number of carbonyl (C=O) groups excluding carboxylic acids is 2. The van der Waals surface area contributed by atoms with Crippen molar-refractivity contribution in [3.8, 4) is 0 Å². The molecule has 1 saturated carbocycles. The van der Waals surface area contributed by atoms with Crippen LogP contribution in [0, 0.1) is 5.92 Å². The molecule has 1 heterocycles. The maximum absolute atomic E-state index is 12.0. The van der Waals surface area contributed by atoms with Crippen LogP contribution < -0.4 is 5.32 Å². The third-order valence-corrected chi connectivity index (χ3v) is 4.70. The van der Waals surface area contributed by atoms with Gasteiger partial charge in [-0.05, 0) is 25.2 Å². The molecule has 2 fully saturated rings. The number of hydrogen-bond acceptors (Lipinski definition) is 4. The van der Waals surface area contributed by atoms with Crippen molar-refractivity contribution in [1.29, 1.82) is 0 Å². The highest BCUT2D eigenvalue weighted by atomic mass is 16.5. The van der Waals surface area contributed by atoms with E-state index in [4.69, 9.17) is 4.74 Å².